The van der Waals surface area contributed by atoms with Gasteiger partial charge in [0.2, 0.25) is 5.91 Å². The van der Waals surface area contributed by atoms with Crippen molar-refractivity contribution in [2.24, 2.45) is 0 Å². The van der Waals surface area contributed by atoms with Gasteiger partial charge < -0.3 is 10.6 Å². The number of hydrogen-bond donors (Lipinski definition) is 1. The van der Waals surface area contributed by atoms with Gasteiger partial charge >= 0.3 is 0 Å². The van der Waals surface area contributed by atoms with E-state index >= 15 is 0 Å². The standard InChI is InChI=1S/C11H15N3O/c1-14-5-4-8(6-11(14)15)9-2-3-10(12)13-7-9/h2-3,7-8H,4-6H2,1H3,(H2,12,13). The van der Waals surface area contributed by atoms with Gasteiger partial charge in [-0.2, -0.15) is 0 Å². The van der Waals surface area contributed by atoms with Crippen LogP contribution in [0.2, 0.25) is 0 Å². The lowest BCUT2D eigenvalue weighted by molar-refractivity contribution is -0.132. The summed E-state index contributed by atoms with van der Waals surface area (Å²) < 4.78 is 0. The van der Waals surface area contributed by atoms with E-state index in [1.807, 2.05) is 13.1 Å². The van der Waals surface area contributed by atoms with Gasteiger partial charge in [0.25, 0.3) is 0 Å². The van der Waals surface area contributed by atoms with Crippen LogP contribution >= 0.6 is 0 Å². The molecule has 0 bridgehead atoms. The zero-order valence-electron chi connectivity index (χ0n) is 8.81. The van der Waals surface area contributed by atoms with Crippen LogP contribution in [0.3, 0.4) is 0 Å². The van der Waals surface area contributed by atoms with Crippen molar-refractivity contribution in [1.29, 1.82) is 0 Å². The van der Waals surface area contributed by atoms with Crippen molar-refractivity contribution in [3.8, 4) is 0 Å². The average Bonchev–Trinajstić information content (AvgIpc) is 2.23. The molecule has 4 nitrogen and oxygen atoms in total. The highest BCUT2D eigenvalue weighted by Gasteiger charge is 2.24. The third kappa shape index (κ3) is 2.09. The monoisotopic (exact) mass is 205 g/mol. The summed E-state index contributed by atoms with van der Waals surface area (Å²) in [6.07, 6.45) is 3.37. The fourth-order valence-corrected chi connectivity index (χ4v) is 1.89. The minimum absolute atomic E-state index is 0.211. The second-order valence-corrected chi connectivity index (χ2v) is 4.02. The van der Waals surface area contributed by atoms with E-state index in [2.05, 4.69) is 4.98 Å². The molecule has 1 unspecified atom stereocenters. The number of amides is 1. The topological polar surface area (TPSA) is 59.2 Å². The van der Waals surface area contributed by atoms with Crippen molar-refractivity contribution in [2.45, 2.75) is 18.8 Å². The Labute approximate surface area is 89.1 Å². The van der Waals surface area contributed by atoms with Crippen molar-refractivity contribution < 1.29 is 4.79 Å². The van der Waals surface area contributed by atoms with Crippen molar-refractivity contribution >= 4 is 11.7 Å². The number of carbonyl (C=O) groups excluding carboxylic acids is 1. The van der Waals surface area contributed by atoms with Gasteiger partial charge in [-0.3, -0.25) is 4.79 Å². The van der Waals surface area contributed by atoms with E-state index in [0.717, 1.165) is 18.5 Å². The van der Waals surface area contributed by atoms with E-state index in [9.17, 15) is 4.79 Å². The molecule has 1 amide bonds. The molecule has 80 valence electrons. The molecule has 0 spiro atoms. The fraction of sp³-hybridized carbons (Fsp3) is 0.455. The van der Waals surface area contributed by atoms with Gasteiger partial charge in [-0.25, -0.2) is 4.98 Å². The van der Waals surface area contributed by atoms with Gasteiger partial charge in [0.1, 0.15) is 5.82 Å². The first-order chi connectivity index (χ1) is 7.16. The Balaban J connectivity index is 2.12. The largest absolute Gasteiger partial charge is 0.384 e. The SMILES string of the molecule is CN1CCC(c2ccc(N)nc2)CC1=O. The molecular formula is C11H15N3O. The first-order valence-electron chi connectivity index (χ1n) is 5.12. The number of nitrogen functional groups attached to an aromatic ring is 1. The summed E-state index contributed by atoms with van der Waals surface area (Å²) in [6.45, 7) is 0.827. The third-order valence-electron chi connectivity index (χ3n) is 2.94. The van der Waals surface area contributed by atoms with Gasteiger partial charge in [0.05, 0.1) is 0 Å². The number of pyridine rings is 1. The minimum Gasteiger partial charge on any atom is -0.384 e. The molecule has 2 rings (SSSR count). The smallest absolute Gasteiger partial charge is 0.222 e. The highest BCUT2D eigenvalue weighted by Crippen LogP contribution is 2.27. The molecule has 1 saturated heterocycles. The molecular weight excluding hydrogens is 190 g/mol. The maximum Gasteiger partial charge on any atom is 0.222 e. The number of piperidine rings is 1. The second-order valence-electron chi connectivity index (χ2n) is 4.02. The van der Waals surface area contributed by atoms with Crippen LogP contribution in [-0.4, -0.2) is 29.4 Å². The Hall–Kier alpha value is -1.58. The molecule has 0 aliphatic carbocycles. The number of hydrogen-bond acceptors (Lipinski definition) is 3. The predicted octanol–water partition coefficient (Wildman–Crippen LogP) is 1.000. The molecule has 1 aromatic rings. The number of anilines is 1. The molecule has 4 heteroatoms. The van der Waals surface area contributed by atoms with Gasteiger partial charge in [-0.1, -0.05) is 6.07 Å². The molecule has 0 aromatic carbocycles. The average molecular weight is 205 g/mol. The lowest BCUT2D eigenvalue weighted by Crippen LogP contribution is -2.34. The van der Waals surface area contributed by atoms with Gasteiger partial charge in [0, 0.05) is 26.2 Å². The highest BCUT2D eigenvalue weighted by molar-refractivity contribution is 5.77. The number of aromatic nitrogens is 1. The van der Waals surface area contributed by atoms with E-state index in [0.29, 0.717) is 18.2 Å². The first-order valence-corrected chi connectivity index (χ1v) is 5.12. The lowest BCUT2D eigenvalue weighted by atomic mass is 9.90. The molecule has 1 aromatic heterocycles. The van der Waals surface area contributed by atoms with Crippen molar-refractivity contribution in [2.75, 3.05) is 19.3 Å². The molecule has 2 N–H and O–H groups in total. The number of nitrogens with zero attached hydrogens (tertiary/aromatic N) is 2. The van der Waals surface area contributed by atoms with Gasteiger partial charge in [0.15, 0.2) is 0 Å². The van der Waals surface area contributed by atoms with Crippen LogP contribution in [0, 0.1) is 0 Å². The first kappa shape index (κ1) is 9.96. The molecule has 15 heavy (non-hydrogen) atoms. The molecule has 1 atom stereocenters. The fourth-order valence-electron chi connectivity index (χ4n) is 1.89. The molecule has 1 fully saturated rings. The van der Waals surface area contributed by atoms with Crippen molar-refractivity contribution in [3.63, 3.8) is 0 Å². The molecule has 1 aliphatic rings. The summed E-state index contributed by atoms with van der Waals surface area (Å²) in [4.78, 5) is 17.4. The van der Waals surface area contributed by atoms with E-state index in [1.54, 1.807) is 17.2 Å². The maximum absolute atomic E-state index is 11.5. The van der Waals surface area contributed by atoms with Crippen molar-refractivity contribution in [3.05, 3.63) is 23.9 Å². The zero-order valence-corrected chi connectivity index (χ0v) is 8.81. The van der Waals surface area contributed by atoms with Crippen LogP contribution in [0.1, 0.15) is 24.3 Å². The van der Waals surface area contributed by atoms with Crippen LogP contribution in [0.15, 0.2) is 18.3 Å². The van der Waals surface area contributed by atoms with E-state index in [-0.39, 0.29) is 5.91 Å². The number of carbonyl (C=O) groups is 1. The summed E-state index contributed by atoms with van der Waals surface area (Å²) in [5.41, 5.74) is 6.64. The molecule has 0 saturated carbocycles. The second kappa shape index (κ2) is 3.88. The van der Waals surface area contributed by atoms with Crippen LogP contribution in [-0.2, 0) is 4.79 Å². The summed E-state index contributed by atoms with van der Waals surface area (Å²) in [7, 11) is 1.85. The van der Waals surface area contributed by atoms with Gasteiger partial charge in [-0.15, -0.1) is 0 Å². The summed E-state index contributed by atoms with van der Waals surface area (Å²) in [5.74, 6) is 1.04. The Bertz CT molecular complexity index is 361. The summed E-state index contributed by atoms with van der Waals surface area (Å²) >= 11 is 0. The Kier molecular flexibility index (Phi) is 2.58. The van der Waals surface area contributed by atoms with Crippen LogP contribution in [0.25, 0.3) is 0 Å². The van der Waals surface area contributed by atoms with E-state index in [1.165, 1.54) is 0 Å². The van der Waals surface area contributed by atoms with Gasteiger partial charge in [-0.05, 0) is 24.0 Å². The zero-order chi connectivity index (χ0) is 10.8. The minimum atomic E-state index is 0.211. The molecule has 1 aliphatic heterocycles. The molecule has 0 radical (unpaired) electrons. The Morgan fingerprint density at radius 3 is 2.93 bits per heavy atom. The quantitative estimate of drug-likeness (QED) is 0.744. The summed E-state index contributed by atoms with van der Waals surface area (Å²) in [5, 5.41) is 0. The van der Waals surface area contributed by atoms with E-state index in [4.69, 9.17) is 5.73 Å². The number of likely N-dealkylation sites (tertiary alicyclic amines) is 1. The Morgan fingerprint density at radius 1 is 1.53 bits per heavy atom. The van der Waals surface area contributed by atoms with Crippen LogP contribution < -0.4 is 5.73 Å². The number of rotatable bonds is 1. The van der Waals surface area contributed by atoms with Crippen LogP contribution in [0.5, 0.6) is 0 Å². The number of nitrogens with two attached hydrogens (primary N) is 1. The molecule has 2 heterocycles. The van der Waals surface area contributed by atoms with Crippen molar-refractivity contribution in [1.82, 2.24) is 9.88 Å². The predicted molar refractivity (Wildman–Crippen MR) is 58.3 cm³/mol. The Morgan fingerprint density at radius 2 is 2.33 bits per heavy atom. The maximum atomic E-state index is 11.5. The van der Waals surface area contributed by atoms with Crippen LogP contribution in [0.4, 0.5) is 5.82 Å². The van der Waals surface area contributed by atoms with E-state index < -0.39 is 0 Å². The lowest BCUT2D eigenvalue weighted by Gasteiger charge is -2.28. The highest BCUT2D eigenvalue weighted by atomic mass is 16.2. The third-order valence-corrected chi connectivity index (χ3v) is 2.94. The normalized spacial score (nSPS) is 21.8. The summed E-state index contributed by atoms with van der Waals surface area (Å²) in [6, 6.07) is 3.75.